The lowest BCUT2D eigenvalue weighted by Crippen LogP contribution is -2.30. The Bertz CT molecular complexity index is 912. The van der Waals surface area contributed by atoms with Gasteiger partial charge in [0.25, 0.3) is 5.91 Å². The van der Waals surface area contributed by atoms with E-state index in [1.165, 1.54) is 18.2 Å². The average molecular weight is 482 g/mol. The summed E-state index contributed by atoms with van der Waals surface area (Å²) >= 11 is 0. The minimum absolute atomic E-state index is 0.268. The van der Waals surface area contributed by atoms with Crippen LogP contribution in [0.3, 0.4) is 0 Å². The fourth-order valence-electron chi connectivity index (χ4n) is 3.03. The highest BCUT2D eigenvalue weighted by Crippen LogP contribution is 2.21. The zero-order chi connectivity index (χ0) is 25.7. The van der Waals surface area contributed by atoms with Gasteiger partial charge in [0, 0.05) is 5.69 Å². The van der Waals surface area contributed by atoms with Gasteiger partial charge in [0.1, 0.15) is 17.4 Å². The van der Waals surface area contributed by atoms with E-state index in [0.717, 1.165) is 32.1 Å². The number of benzene rings is 1. The molecule has 0 heterocycles. The number of carbonyl (C=O) groups excluding carboxylic acids is 1. The third-order valence-corrected chi connectivity index (χ3v) is 4.92. The van der Waals surface area contributed by atoms with Gasteiger partial charge >= 0.3 is 5.97 Å². The van der Waals surface area contributed by atoms with Crippen molar-refractivity contribution in [2.24, 2.45) is 0 Å². The average Bonchev–Trinajstić information content (AvgIpc) is 2.84. The summed E-state index contributed by atoms with van der Waals surface area (Å²) in [4.78, 5) is 23.5. The number of rotatable bonds is 17. The molecule has 0 aliphatic rings. The van der Waals surface area contributed by atoms with Crippen molar-refractivity contribution in [2.75, 3.05) is 11.9 Å². The topological polar surface area (TPSA) is 95.9 Å². The summed E-state index contributed by atoms with van der Waals surface area (Å²) < 4.78 is 5.68. The van der Waals surface area contributed by atoms with E-state index in [1.54, 1.807) is 0 Å². The molecule has 1 atom stereocenters. The lowest BCUT2D eigenvalue weighted by molar-refractivity contribution is -0.127. The summed E-state index contributed by atoms with van der Waals surface area (Å²) in [6.07, 6.45) is 26.8. The molecule has 3 N–H and O–H groups in total. The van der Waals surface area contributed by atoms with E-state index in [-0.39, 0.29) is 17.2 Å². The molecule has 6 nitrogen and oxygen atoms in total. The van der Waals surface area contributed by atoms with Crippen molar-refractivity contribution in [1.82, 2.24) is 0 Å². The summed E-state index contributed by atoms with van der Waals surface area (Å²) in [6.45, 7) is 4.39. The Morgan fingerprint density at radius 2 is 1.43 bits per heavy atom. The van der Waals surface area contributed by atoms with E-state index in [2.05, 4.69) is 66.9 Å². The van der Waals surface area contributed by atoms with Gasteiger partial charge in [-0.1, -0.05) is 74.6 Å². The van der Waals surface area contributed by atoms with Crippen LogP contribution < -0.4 is 5.32 Å². The van der Waals surface area contributed by atoms with Crippen LogP contribution in [0.25, 0.3) is 0 Å². The molecule has 1 aromatic rings. The van der Waals surface area contributed by atoms with Crippen molar-refractivity contribution in [3.8, 4) is 5.75 Å². The van der Waals surface area contributed by atoms with Gasteiger partial charge in [0.05, 0.1) is 6.61 Å². The highest BCUT2D eigenvalue weighted by molar-refractivity contribution is 5.97. The normalized spacial score (nSPS) is 13.1. The van der Waals surface area contributed by atoms with Gasteiger partial charge in [-0.05, 0) is 63.1 Å². The summed E-state index contributed by atoms with van der Waals surface area (Å²) in [6, 6.07) is 3.91. The number of nitrogens with one attached hydrogen (secondary N) is 1. The lowest BCUT2D eigenvalue weighted by Gasteiger charge is -2.16. The molecule has 0 aliphatic heterocycles. The molecule has 35 heavy (non-hydrogen) atoms. The number of amides is 1. The van der Waals surface area contributed by atoms with Gasteiger partial charge in [-0.3, -0.25) is 4.79 Å². The van der Waals surface area contributed by atoms with Crippen LogP contribution >= 0.6 is 0 Å². The molecule has 1 rings (SSSR count). The minimum atomic E-state index is -1.26. The van der Waals surface area contributed by atoms with Crippen molar-refractivity contribution in [3.63, 3.8) is 0 Å². The first-order valence-corrected chi connectivity index (χ1v) is 12.2. The number of hydrogen-bond donors (Lipinski definition) is 3. The maximum absolute atomic E-state index is 12.4. The first-order valence-electron chi connectivity index (χ1n) is 12.2. The van der Waals surface area contributed by atoms with Crippen LogP contribution in [0, 0.1) is 0 Å². The third-order valence-electron chi connectivity index (χ3n) is 4.92. The number of aromatic hydroxyl groups is 1. The molecule has 0 radical (unpaired) electrons. The van der Waals surface area contributed by atoms with Gasteiger partial charge in [0.2, 0.25) is 0 Å². The fourth-order valence-corrected chi connectivity index (χ4v) is 3.03. The smallest absolute Gasteiger partial charge is 0.339 e. The number of anilines is 1. The molecule has 0 saturated carbocycles. The van der Waals surface area contributed by atoms with Crippen molar-refractivity contribution in [3.05, 3.63) is 84.5 Å². The van der Waals surface area contributed by atoms with E-state index >= 15 is 0 Å². The predicted molar refractivity (Wildman–Crippen MR) is 143 cm³/mol. The number of allylic oxidation sites excluding steroid dienone is 9. The molecular weight excluding hydrogens is 442 g/mol. The maximum atomic E-state index is 12.4. The SMILES string of the molecule is CCC=CCC=CCC=CCC=CCC=CCCOC(CC)C(=O)Nc1ccc(O)c(C(=O)O)c1. The second-order valence-corrected chi connectivity index (χ2v) is 7.79. The molecule has 1 amide bonds. The van der Waals surface area contributed by atoms with Crippen LogP contribution in [0.1, 0.15) is 69.2 Å². The Balaban J connectivity index is 2.23. The van der Waals surface area contributed by atoms with E-state index in [9.17, 15) is 14.7 Å². The van der Waals surface area contributed by atoms with Crippen molar-refractivity contribution < 1.29 is 24.5 Å². The number of ether oxygens (including phenoxy) is 1. The molecule has 1 unspecified atom stereocenters. The van der Waals surface area contributed by atoms with E-state index in [0.29, 0.717) is 25.1 Å². The third kappa shape index (κ3) is 13.8. The van der Waals surface area contributed by atoms with Crippen LogP contribution in [0.5, 0.6) is 5.75 Å². The van der Waals surface area contributed by atoms with Gasteiger partial charge in [-0.15, -0.1) is 0 Å². The van der Waals surface area contributed by atoms with Crippen LogP contribution in [0.15, 0.2) is 79.0 Å². The first-order chi connectivity index (χ1) is 17.0. The van der Waals surface area contributed by atoms with Crippen LogP contribution in [-0.4, -0.2) is 34.8 Å². The summed E-state index contributed by atoms with van der Waals surface area (Å²) in [7, 11) is 0. The Hall–Kier alpha value is -3.38. The highest BCUT2D eigenvalue weighted by Gasteiger charge is 2.18. The van der Waals surface area contributed by atoms with Crippen LogP contribution in [0.2, 0.25) is 0 Å². The van der Waals surface area contributed by atoms with Crippen LogP contribution in [0.4, 0.5) is 5.69 Å². The lowest BCUT2D eigenvalue weighted by atomic mass is 10.1. The van der Waals surface area contributed by atoms with Crippen LogP contribution in [-0.2, 0) is 9.53 Å². The van der Waals surface area contributed by atoms with Crippen molar-refractivity contribution in [1.29, 1.82) is 0 Å². The first kappa shape index (κ1) is 29.7. The molecule has 0 bridgehead atoms. The Morgan fingerprint density at radius 3 is 1.94 bits per heavy atom. The summed E-state index contributed by atoms with van der Waals surface area (Å²) in [5, 5.41) is 21.3. The van der Waals surface area contributed by atoms with Gasteiger partial charge in [-0.2, -0.15) is 0 Å². The number of phenols is 1. The van der Waals surface area contributed by atoms with E-state index in [1.807, 2.05) is 13.0 Å². The molecule has 0 aliphatic carbocycles. The maximum Gasteiger partial charge on any atom is 0.339 e. The van der Waals surface area contributed by atoms with Crippen molar-refractivity contribution in [2.45, 2.75) is 64.9 Å². The molecule has 6 heteroatoms. The quantitative estimate of drug-likeness (QED) is 0.127. The number of carboxylic acid groups (broad SMARTS) is 1. The standard InChI is InChI=1S/C29H39NO5/c1-3-5-6-7-8-9-10-11-12-13-14-15-16-17-18-19-22-35-27(4-2)28(32)30-24-20-21-26(31)25(23-24)29(33)34/h5-6,8-9,11-12,14-15,17-18,20-21,23,27,31H,3-4,7,10,13,16,19,22H2,1-2H3,(H,30,32)(H,33,34). The molecule has 0 spiro atoms. The fraction of sp³-hybridized carbons (Fsp3) is 0.379. The highest BCUT2D eigenvalue weighted by atomic mass is 16.5. The largest absolute Gasteiger partial charge is 0.507 e. The second kappa shape index (κ2) is 19.0. The number of carboxylic acids is 1. The molecule has 0 saturated heterocycles. The minimum Gasteiger partial charge on any atom is -0.507 e. The monoisotopic (exact) mass is 481 g/mol. The zero-order valence-electron chi connectivity index (χ0n) is 20.9. The number of hydrogen-bond acceptors (Lipinski definition) is 4. The molecule has 0 aromatic heterocycles. The Morgan fingerprint density at radius 1 is 0.886 bits per heavy atom. The van der Waals surface area contributed by atoms with E-state index in [4.69, 9.17) is 9.84 Å². The van der Waals surface area contributed by atoms with Gasteiger partial charge in [-0.25, -0.2) is 4.79 Å². The second-order valence-electron chi connectivity index (χ2n) is 7.79. The Labute approximate surface area is 209 Å². The summed E-state index contributed by atoms with van der Waals surface area (Å²) in [5.41, 5.74) is 0.0280. The molecule has 1 aromatic carbocycles. The molecular formula is C29H39NO5. The zero-order valence-corrected chi connectivity index (χ0v) is 20.9. The number of carbonyl (C=O) groups is 2. The summed E-state index contributed by atoms with van der Waals surface area (Å²) in [5.74, 6) is -1.96. The predicted octanol–water partition coefficient (Wildman–Crippen LogP) is 6.97. The van der Waals surface area contributed by atoms with Gasteiger partial charge in [0.15, 0.2) is 0 Å². The van der Waals surface area contributed by atoms with Gasteiger partial charge < -0.3 is 20.3 Å². The molecule has 0 fully saturated rings. The Kier molecular flexibility index (Phi) is 16.1. The van der Waals surface area contributed by atoms with E-state index < -0.39 is 12.1 Å². The number of aromatic carboxylic acids is 1. The molecule has 190 valence electrons. The van der Waals surface area contributed by atoms with Crippen molar-refractivity contribution >= 4 is 17.6 Å².